The number of nitrogens with two attached hydrogens (primary N) is 1. The SMILES string of the molecule is CCc1nn(C)c(CC(C(C)C)C(C)N)c1Cl. The number of nitrogens with zero attached hydrogens (tertiary/aromatic N) is 2. The average molecular weight is 258 g/mol. The van der Waals surface area contributed by atoms with Crippen molar-refractivity contribution in [1.29, 1.82) is 0 Å². The van der Waals surface area contributed by atoms with Crippen molar-refractivity contribution in [3.8, 4) is 0 Å². The Hall–Kier alpha value is -0.540. The van der Waals surface area contributed by atoms with E-state index in [1.54, 1.807) is 0 Å². The second kappa shape index (κ2) is 5.87. The van der Waals surface area contributed by atoms with E-state index in [4.69, 9.17) is 17.3 Å². The van der Waals surface area contributed by atoms with E-state index in [0.29, 0.717) is 11.8 Å². The van der Waals surface area contributed by atoms with Crippen LogP contribution in [0.2, 0.25) is 5.02 Å². The van der Waals surface area contributed by atoms with Crippen LogP contribution in [-0.4, -0.2) is 15.8 Å². The van der Waals surface area contributed by atoms with Gasteiger partial charge in [0.2, 0.25) is 0 Å². The number of halogens is 1. The molecule has 0 saturated carbocycles. The first-order chi connectivity index (χ1) is 7.88. The van der Waals surface area contributed by atoms with Gasteiger partial charge in [0.05, 0.1) is 16.4 Å². The van der Waals surface area contributed by atoms with Gasteiger partial charge in [0, 0.05) is 13.1 Å². The fraction of sp³-hybridized carbons (Fsp3) is 0.769. The first kappa shape index (κ1) is 14.5. The molecule has 0 amide bonds. The Kier molecular flexibility index (Phi) is 5.02. The van der Waals surface area contributed by atoms with Crippen molar-refractivity contribution >= 4 is 11.6 Å². The normalized spacial score (nSPS) is 15.3. The van der Waals surface area contributed by atoms with Crippen molar-refractivity contribution in [2.24, 2.45) is 24.6 Å². The van der Waals surface area contributed by atoms with Crippen LogP contribution < -0.4 is 5.73 Å². The minimum atomic E-state index is 0.172. The zero-order chi connectivity index (χ0) is 13.2. The van der Waals surface area contributed by atoms with Gasteiger partial charge in [-0.1, -0.05) is 32.4 Å². The summed E-state index contributed by atoms with van der Waals surface area (Å²) >= 11 is 6.36. The molecule has 0 aliphatic rings. The van der Waals surface area contributed by atoms with E-state index in [2.05, 4.69) is 32.8 Å². The summed E-state index contributed by atoms with van der Waals surface area (Å²) in [7, 11) is 1.96. The molecule has 0 bridgehead atoms. The fourth-order valence-electron chi connectivity index (χ4n) is 2.29. The summed E-state index contributed by atoms with van der Waals surface area (Å²) in [4.78, 5) is 0. The Morgan fingerprint density at radius 1 is 1.35 bits per heavy atom. The van der Waals surface area contributed by atoms with Crippen molar-refractivity contribution in [3.05, 3.63) is 16.4 Å². The number of hydrogen-bond acceptors (Lipinski definition) is 2. The Morgan fingerprint density at radius 2 is 1.94 bits per heavy atom. The molecule has 0 radical (unpaired) electrons. The van der Waals surface area contributed by atoms with E-state index in [1.165, 1.54) is 0 Å². The Bertz CT molecular complexity index is 361. The molecule has 0 aliphatic heterocycles. The van der Waals surface area contributed by atoms with Crippen LogP contribution in [0.5, 0.6) is 0 Å². The molecule has 2 atom stereocenters. The van der Waals surface area contributed by atoms with Crippen molar-refractivity contribution in [1.82, 2.24) is 9.78 Å². The van der Waals surface area contributed by atoms with Crippen LogP contribution in [0.1, 0.15) is 39.1 Å². The van der Waals surface area contributed by atoms with Crippen LogP contribution >= 0.6 is 11.6 Å². The summed E-state index contributed by atoms with van der Waals surface area (Å²) < 4.78 is 1.90. The van der Waals surface area contributed by atoms with Gasteiger partial charge in [-0.2, -0.15) is 5.10 Å². The van der Waals surface area contributed by atoms with Crippen LogP contribution in [0.25, 0.3) is 0 Å². The lowest BCUT2D eigenvalue weighted by Gasteiger charge is -2.24. The van der Waals surface area contributed by atoms with Crippen LogP contribution in [0.3, 0.4) is 0 Å². The minimum absolute atomic E-state index is 0.172. The lowest BCUT2D eigenvalue weighted by Crippen LogP contribution is -2.32. The maximum Gasteiger partial charge on any atom is 0.0849 e. The smallest absolute Gasteiger partial charge is 0.0849 e. The second-order valence-electron chi connectivity index (χ2n) is 5.16. The van der Waals surface area contributed by atoms with E-state index < -0.39 is 0 Å². The molecule has 4 heteroatoms. The summed E-state index contributed by atoms with van der Waals surface area (Å²) in [6.45, 7) is 8.55. The summed E-state index contributed by atoms with van der Waals surface area (Å²) in [5.41, 5.74) is 8.15. The molecular formula is C13H24ClN3. The lowest BCUT2D eigenvalue weighted by atomic mass is 9.86. The molecule has 17 heavy (non-hydrogen) atoms. The summed E-state index contributed by atoms with van der Waals surface area (Å²) in [6, 6.07) is 0.172. The largest absolute Gasteiger partial charge is 0.328 e. The summed E-state index contributed by atoms with van der Waals surface area (Å²) in [6.07, 6.45) is 1.77. The molecule has 0 fully saturated rings. The molecule has 2 unspecified atom stereocenters. The monoisotopic (exact) mass is 257 g/mol. The molecule has 1 rings (SSSR count). The third kappa shape index (κ3) is 3.23. The summed E-state index contributed by atoms with van der Waals surface area (Å²) in [5, 5.41) is 5.26. The Labute approximate surface area is 109 Å². The van der Waals surface area contributed by atoms with Crippen LogP contribution in [0.15, 0.2) is 0 Å². The van der Waals surface area contributed by atoms with Crippen LogP contribution in [0.4, 0.5) is 0 Å². The standard InChI is InChI=1S/C13H24ClN3/c1-6-11-13(14)12(17(5)16-11)7-10(8(2)3)9(4)15/h8-10H,6-7,15H2,1-5H3. The summed E-state index contributed by atoms with van der Waals surface area (Å²) in [5.74, 6) is 0.985. The molecule has 1 heterocycles. The van der Waals surface area contributed by atoms with Gasteiger partial charge in [-0.05, 0) is 31.6 Å². The van der Waals surface area contributed by atoms with E-state index >= 15 is 0 Å². The average Bonchev–Trinajstić information content (AvgIpc) is 2.50. The molecule has 1 aromatic rings. The van der Waals surface area contributed by atoms with Crippen molar-refractivity contribution < 1.29 is 0 Å². The quantitative estimate of drug-likeness (QED) is 0.882. The molecule has 2 N–H and O–H groups in total. The number of rotatable bonds is 5. The van der Waals surface area contributed by atoms with Crippen molar-refractivity contribution in [3.63, 3.8) is 0 Å². The lowest BCUT2D eigenvalue weighted by molar-refractivity contribution is 0.324. The highest BCUT2D eigenvalue weighted by Gasteiger charge is 2.22. The fourth-order valence-corrected chi connectivity index (χ4v) is 2.66. The predicted molar refractivity (Wildman–Crippen MR) is 73.3 cm³/mol. The van der Waals surface area contributed by atoms with Gasteiger partial charge in [0.15, 0.2) is 0 Å². The number of aromatic nitrogens is 2. The zero-order valence-corrected chi connectivity index (χ0v) is 12.3. The third-order valence-electron chi connectivity index (χ3n) is 3.46. The predicted octanol–water partition coefficient (Wildman–Crippen LogP) is 2.80. The van der Waals surface area contributed by atoms with Crippen molar-refractivity contribution in [2.75, 3.05) is 0 Å². The van der Waals surface area contributed by atoms with E-state index in [1.807, 2.05) is 11.7 Å². The van der Waals surface area contributed by atoms with Gasteiger partial charge < -0.3 is 5.73 Å². The van der Waals surface area contributed by atoms with Crippen LogP contribution in [0, 0.1) is 11.8 Å². The van der Waals surface area contributed by atoms with Gasteiger partial charge in [-0.25, -0.2) is 0 Å². The Morgan fingerprint density at radius 3 is 2.29 bits per heavy atom. The molecular weight excluding hydrogens is 234 g/mol. The van der Waals surface area contributed by atoms with Crippen molar-refractivity contribution in [2.45, 2.75) is 46.6 Å². The van der Waals surface area contributed by atoms with Gasteiger partial charge in [0.1, 0.15) is 0 Å². The molecule has 0 saturated heterocycles. The van der Waals surface area contributed by atoms with Gasteiger partial charge >= 0.3 is 0 Å². The second-order valence-corrected chi connectivity index (χ2v) is 5.53. The first-order valence-corrected chi connectivity index (χ1v) is 6.72. The number of aryl methyl sites for hydroxylation is 2. The van der Waals surface area contributed by atoms with Crippen LogP contribution in [-0.2, 0) is 19.9 Å². The highest BCUT2D eigenvalue weighted by atomic mass is 35.5. The first-order valence-electron chi connectivity index (χ1n) is 6.34. The topological polar surface area (TPSA) is 43.8 Å². The Balaban J connectivity index is 2.97. The zero-order valence-electron chi connectivity index (χ0n) is 11.5. The van der Waals surface area contributed by atoms with E-state index in [0.717, 1.165) is 29.3 Å². The highest BCUT2D eigenvalue weighted by Crippen LogP contribution is 2.27. The van der Waals surface area contributed by atoms with Gasteiger partial charge in [-0.15, -0.1) is 0 Å². The molecule has 0 aromatic carbocycles. The minimum Gasteiger partial charge on any atom is -0.328 e. The molecule has 1 aromatic heterocycles. The maximum absolute atomic E-state index is 6.36. The molecule has 0 spiro atoms. The molecule has 98 valence electrons. The van der Waals surface area contributed by atoms with E-state index in [-0.39, 0.29) is 6.04 Å². The van der Waals surface area contributed by atoms with Gasteiger partial charge in [0.25, 0.3) is 0 Å². The number of hydrogen-bond donors (Lipinski definition) is 1. The highest BCUT2D eigenvalue weighted by molar-refractivity contribution is 6.31. The maximum atomic E-state index is 6.36. The van der Waals surface area contributed by atoms with Gasteiger partial charge in [-0.3, -0.25) is 4.68 Å². The van der Waals surface area contributed by atoms with E-state index in [9.17, 15) is 0 Å². The molecule has 3 nitrogen and oxygen atoms in total. The molecule has 0 aliphatic carbocycles. The third-order valence-corrected chi connectivity index (χ3v) is 3.90.